The molecule has 1 aromatic heterocycles. The van der Waals surface area contributed by atoms with Gasteiger partial charge in [0.15, 0.2) is 0 Å². The molecule has 0 bridgehead atoms. The van der Waals surface area contributed by atoms with E-state index in [9.17, 15) is 0 Å². The normalized spacial score (nSPS) is 19.6. The minimum absolute atomic E-state index is 0.374. The molecule has 0 radical (unpaired) electrons. The zero-order valence-electron chi connectivity index (χ0n) is 13.9. The van der Waals surface area contributed by atoms with Crippen molar-refractivity contribution in [1.29, 1.82) is 0 Å². The number of rotatable bonds is 2. The first kappa shape index (κ1) is 15.3. The van der Waals surface area contributed by atoms with Crippen molar-refractivity contribution < 1.29 is 9.31 Å². The molecule has 0 amide bonds. The van der Waals surface area contributed by atoms with Crippen LogP contribution >= 0.6 is 0 Å². The predicted octanol–water partition coefficient (Wildman–Crippen LogP) is 3.57. The summed E-state index contributed by atoms with van der Waals surface area (Å²) in [4.78, 5) is 4.59. The van der Waals surface area contributed by atoms with E-state index in [4.69, 9.17) is 9.31 Å². The first-order chi connectivity index (χ1) is 10.2. The summed E-state index contributed by atoms with van der Waals surface area (Å²) in [6.45, 7) is 14.3. The summed E-state index contributed by atoms with van der Waals surface area (Å²) in [6.07, 6.45) is 1.88. The number of pyridine rings is 1. The van der Waals surface area contributed by atoms with Crippen molar-refractivity contribution in [3.63, 3.8) is 0 Å². The molecule has 0 unspecified atom stereocenters. The van der Waals surface area contributed by atoms with Crippen molar-refractivity contribution in [1.82, 2.24) is 4.98 Å². The van der Waals surface area contributed by atoms with Crippen molar-refractivity contribution in [2.24, 2.45) is 0 Å². The number of hydrogen-bond acceptors (Lipinski definition) is 3. The molecule has 2 heterocycles. The van der Waals surface area contributed by atoms with E-state index in [0.29, 0.717) is 0 Å². The Bertz CT molecular complexity index is 736. The molecule has 0 atom stereocenters. The Morgan fingerprint density at radius 2 is 1.68 bits per heavy atom. The van der Waals surface area contributed by atoms with E-state index < -0.39 is 7.12 Å². The molecule has 0 N–H and O–H groups in total. The molecule has 114 valence electrons. The number of hydrogen-bond donors (Lipinski definition) is 0. The zero-order chi connectivity index (χ0) is 16.1. The molecule has 1 fully saturated rings. The second-order valence-corrected chi connectivity index (χ2v) is 6.98. The smallest absolute Gasteiger partial charge is 0.399 e. The van der Waals surface area contributed by atoms with E-state index in [1.165, 1.54) is 0 Å². The van der Waals surface area contributed by atoms with Gasteiger partial charge in [0.1, 0.15) is 0 Å². The topological polar surface area (TPSA) is 31.4 Å². The lowest BCUT2D eigenvalue weighted by atomic mass is 9.74. The molecule has 0 spiro atoms. The van der Waals surface area contributed by atoms with Gasteiger partial charge in [0, 0.05) is 11.7 Å². The maximum Gasteiger partial charge on any atom is 0.497 e. The standard InChI is InChI=1S/C18H22BNO2/c1-12(2)16-15(14-10-8-7-9-13(14)11-20-16)19-21-17(3,4)18(5,6)22-19/h7-11H,1H2,2-6H3. The van der Waals surface area contributed by atoms with Gasteiger partial charge < -0.3 is 9.31 Å². The lowest BCUT2D eigenvalue weighted by Crippen LogP contribution is -2.41. The molecule has 3 rings (SSSR count). The highest BCUT2D eigenvalue weighted by Gasteiger charge is 2.52. The summed E-state index contributed by atoms with van der Waals surface area (Å²) in [5.74, 6) is 0. The van der Waals surface area contributed by atoms with Crippen LogP contribution in [0.4, 0.5) is 0 Å². The Balaban J connectivity index is 2.22. The van der Waals surface area contributed by atoms with Gasteiger partial charge in [-0.1, -0.05) is 30.8 Å². The molecule has 2 aromatic rings. The highest BCUT2D eigenvalue weighted by Crippen LogP contribution is 2.37. The van der Waals surface area contributed by atoms with E-state index in [2.05, 4.69) is 51.4 Å². The van der Waals surface area contributed by atoms with Gasteiger partial charge in [-0.25, -0.2) is 0 Å². The Labute approximate surface area is 132 Å². The summed E-state index contributed by atoms with van der Waals surface area (Å²) in [6, 6.07) is 8.18. The van der Waals surface area contributed by atoms with Crippen molar-refractivity contribution in [3.05, 3.63) is 42.7 Å². The van der Waals surface area contributed by atoms with Crippen molar-refractivity contribution in [2.45, 2.75) is 45.8 Å². The van der Waals surface area contributed by atoms with Crippen molar-refractivity contribution in [3.8, 4) is 0 Å². The molecule has 0 saturated carbocycles. The van der Waals surface area contributed by atoms with Gasteiger partial charge in [0.25, 0.3) is 0 Å². The predicted molar refractivity (Wildman–Crippen MR) is 92.2 cm³/mol. The molecule has 3 nitrogen and oxygen atoms in total. The van der Waals surface area contributed by atoms with E-state index in [0.717, 1.165) is 27.5 Å². The highest BCUT2D eigenvalue weighted by atomic mass is 16.7. The van der Waals surface area contributed by atoms with E-state index in [1.54, 1.807) is 0 Å². The van der Waals surface area contributed by atoms with Gasteiger partial charge in [0.2, 0.25) is 0 Å². The average molecular weight is 295 g/mol. The quantitative estimate of drug-likeness (QED) is 0.794. The van der Waals surface area contributed by atoms with Gasteiger partial charge >= 0.3 is 7.12 Å². The van der Waals surface area contributed by atoms with Crippen LogP contribution in [0.5, 0.6) is 0 Å². The first-order valence-corrected chi connectivity index (χ1v) is 7.62. The minimum Gasteiger partial charge on any atom is -0.399 e. The summed E-state index contributed by atoms with van der Waals surface area (Å²) in [7, 11) is -0.435. The molecule has 1 aliphatic rings. The van der Waals surface area contributed by atoms with Crippen LogP contribution < -0.4 is 5.46 Å². The fourth-order valence-electron chi connectivity index (χ4n) is 2.73. The third-order valence-electron chi connectivity index (χ3n) is 4.73. The van der Waals surface area contributed by atoms with Crippen LogP contribution in [0.25, 0.3) is 16.3 Å². The second kappa shape index (κ2) is 4.93. The maximum atomic E-state index is 6.25. The molecule has 22 heavy (non-hydrogen) atoms. The SMILES string of the molecule is C=C(C)c1ncc2ccccc2c1B1OC(C)(C)C(C)(C)O1. The van der Waals surface area contributed by atoms with Crippen LogP contribution in [0.1, 0.15) is 40.3 Å². The zero-order valence-corrected chi connectivity index (χ0v) is 13.9. The Kier molecular flexibility index (Phi) is 3.42. The van der Waals surface area contributed by atoms with Gasteiger partial charge in [0.05, 0.1) is 16.9 Å². The third-order valence-corrected chi connectivity index (χ3v) is 4.73. The summed E-state index contributed by atoms with van der Waals surface area (Å²) < 4.78 is 12.5. The van der Waals surface area contributed by atoms with Gasteiger partial charge in [-0.05, 0) is 51.0 Å². The molecular weight excluding hydrogens is 273 g/mol. The van der Waals surface area contributed by atoms with Crippen LogP contribution in [0, 0.1) is 0 Å². The van der Waals surface area contributed by atoms with Crippen molar-refractivity contribution in [2.75, 3.05) is 0 Å². The van der Waals surface area contributed by atoms with E-state index in [1.807, 2.05) is 25.3 Å². The lowest BCUT2D eigenvalue weighted by Gasteiger charge is -2.32. The number of nitrogens with zero attached hydrogens (tertiary/aromatic N) is 1. The molecule has 1 saturated heterocycles. The van der Waals surface area contributed by atoms with Crippen LogP contribution in [0.15, 0.2) is 37.0 Å². The first-order valence-electron chi connectivity index (χ1n) is 7.62. The fraction of sp³-hybridized carbons (Fsp3) is 0.389. The summed E-state index contributed by atoms with van der Waals surface area (Å²) in [5, 5.41) is 2.19. The van der Waals surface area contributed by atoms with Gasteiger partial charge in [-0.2, -0.15) is 0 Å². The number of aromatic nitrogens is 1. The molecular formula is C18H22BNO2. The summed E-state index contributed by atoms with van der Waals surface area (Å²) in [5.41, 5.74) is 2.00. The Morgan fingerprint density at radius 3 is 2.27 bits per heavy atom. The number of fused-ring (bicyclic) bond motifs is 1. The van der Waals surface area contributed by atoms with Gasteiger partial charge in [-0.15, -0.1) is 0 Å². The van der Waals surface area contributed by atoms with E-state index >= 15 is 0 Å². The van der Waals surface area contributed by atoms with Crippen LogP contribution in [-0.2, 0) is 9.31 Å². The van der Waals surface area contributed by atoms with Crippen LogP contribution in [0.3, 0.4) is 0 Å². The number of benzene rings is 1. The van der Waals surface area contributed by atoms with Crippen LogP contribution in [0.2, 0.25) is 0 Å². The van der Waals surface area contributed by atoms with Crippen molar-refractivity contribution >= 4 is 28.9 Å². The average Bonchev–Trinajstić information content (AvgIpc) is 2.65. The Morgan fingerprint density at radius 1 is 1.09 bits per heavy atom. The minimum atomic E-state index is -0.435. The van der Waals surface area contributed by atoms with E-state index in [-0.39, 0.29) is 11.2 Å². The monoisotopic (exact) mass is 295 g/mol. The van der Waals surface area contributed by atoms with Gasteiger partial charge in [-0.3, -0.25) is 4.98 Å². The molecule has 1 aromatic carbocycles. The molecule has 1 aliphatic heterocycles. The molecule has 0 aliphatic carbocycles. The lowest BCUT2D eigenvalue weighted by molar-refractivity contribution is 0.00578. The molecule has 4 heteroatoms. The maximum absolute atomic E-state index is 6.25. The number of allylic oxidation sites excluding steroid dienone is 1. The third kappa shape index (κ3) is 2.27. The summed E-state index contributed by atoms with van der Waals surface area (Å²) >= 11 is 0. The van der Waals surface area contributed by atoms with Crippen LogP contribution in [-0.4, -0.2) is 23.3 Å². The fourth-order valence-corrected chi connectivity index (χ4v) is 2.73. The highest BCUT2D eigenvalue weighted by molar-refractivity contribution is 6.66. The largest absolute Gasteiger partial charge is 0.497 e. The Hall–Kier alpha value is -1.65. The second-order valence-electron chi connectivity index (χ2n) is 6.98.